The number of carbonyl (C=O) groups is 2. The average Bonchev–Trinajstić information content (AvgIpc) is 2.44. The highest BCUT2D eigenvalue weighted by molar-refractivity contribution is 5.76. The van der Waals surface area contributed by atoms with E-state index in [1.54, 1.807) is 0 Å². The molecule has 0 aromatic heterocycles. The molecule has 0 radical (unpaired) electrons. The number of guanidine groups is 1. The zero-order valence-electron chi connectivity index (χ0n) is 12.4. The van der Waals surface area contributed by atoms with Crippen LogP contribution < -0.4 is 27.8 Å². The smallest absolute Gasteiger partial charge is 0.322 e. The summed E-state index contributed by atoms with van der Waals surface area (Å²) in [4.78, 5) is 22.3. The van der Waals surface area contributed by atoms with E-state index in [0.717, 1.165) is 0 Å². The average molecular weight is 318 g/mol. The molecule has 10 heteroatoms. The fourth-order valence-electron chi connectivity index (χ4n) is 1.94. The Bertz CT molecular complexity index is 379. The Labute approximate surface area is 128 Å². The van der Waals surface area contributed by atoms with Gasteiger partial charge in [-0.2, -0.15) is 0 Å². The number of aliphatic carboxylic acids is 2. The standard InChI is InChI=1S/C12H26N6O4/c13-5-1-3-7(9(14)11(21)22)18-8(10(19)20)4-2-6-17-12(15)16/h7-9,18H,1-6,13-14H2,(H,19,20)(H,21,22)(H4,15,16,17)/t7?,8-,9-/m0/s1. The summed E-state index contributed by atoms with van der Waals surface area (Å²) in [6.07, 6.45) is 1.62. The van der Waals surface area contributed by atoms with Crippen molar-refractivity contribution in [2.75, 3.05) is 13.1 Å². The fraction of sp³-hybridized carbons (Fsp3) is 0.750. The van der Waals surface area contributed by atoms with Crippen LogP contribution in [-0.4, -0.2) is 59.3 Å². The summed E-state index contributed by atoms with van der Waals surface area (Å²) in [5, 5.41) is 30.6. The molecular weight excluding hydrogens is 292 g/mol. The molecular formula is C12H26N6O4. The number of hydrogen-bond acceptors (Lipinski definition) is 6. The van der Waals surface area contributed by atoms with Crippen LogP contribution in [0.15, 0.2) is 0 Å². The summed E-state index contributed by atoms with van der Waals surface area (Å²) >= 11 is 0. The first-order chi connectivity index (χ1) is 10.3. The van der Waals surface area contributed by atoms with Crippen LogP contribution >= 0.6 is 0 Å². The summed E-state index contributed by atoms with van der Waals surface area (Å²) in [6.45, 7) is 0.726. The highest BCUT2D eigenvalue weighted by Crippen LogP contribution is 2.06. The molecule has 11 N–H and O–H groups in total. The quantitative estimate of drug-likeness (QED) is 0.112. The van der Waals surface area contributed by atoms with Gasteiger partial charge in [0.05, 0.1) is 0 Å². The first kappa shape index (κ1) is 20.1. The molecule has 0 aliphatic rings. The second-order valence-electron chi connectivity index (χ2n) is 4.94. The Kier molecular flexibility index (Phi) is 9.83. The molecule has 0 saturated carbocycles. The van der Waals surface area contributed by atoms with Crippen LogP contribution in [-0.2, 0) is 9.59 Å². The first-order valence-electron chi connectivity index (χ1n) is 7.04. The molecule has 0 rings (SSSR count). The molecule has 10 nitrogen and oxygen atoms in total. The predicted octanol–water partition coefficient (Wildman–Crippen LogP) is -2.19. The molecule has 0 heterocycles. The van der Waals surface area contributed by atoms with Gasteiger partial charge in [-0.25, -0.2) is 0 Å². The molecule has 0 bridgehead atoms. The normalized spacial score (nSPS) is 14.8. The van der Waals surface area contributed by atoms with Crippen molar-refractivity contribution in [1.82, 2.24) is 10.6 Å². The molecule has 0 aromatic rings. The lowest BCUT2D eigenvalue weighted by Crippen LogP contribution is -2.55. The van der Waals surface area contributed by atoms with Crippen molar-refractivity contribution in [2.45, 2.75) is 43.8 Å². The van der Waals surface area contributed by atoms with E-state index in [1.807, 2.05) is 0 Å². The molecule has 128 valence electrons. The van der Waals surface area contributed by atoms with Crippen LogP contribution in [0, 0.1) is 5.41 Å². The number of nitrogens with one attached hydrogen (secondary N) is 3. The lowest BCUT2D eigenvalue weighted by Gasteiger charge is -2.26. The zero-order valence-corrected chi connectivity index (χ0v) is 12.4. The van der Waals surface area contributed by atoms with Crippen LogP contribution in [0.3, 0.4) is 0 Å². The van der Waals surface area contributed by atoms with Crippen molar-refractivity contribution in [2.24, 2.45) is 17.2 Å². The Balaban J connectivity index is 4.59. The molecule has 0 spiro atoms. The van der Waals surface area contributed by atoms with E-state index in [9.17, 15) is 14.7 Å². The molecule has 3 atom stereocenters. The Morgan fingerprint density at radius 1 is 1.14 bits per heavy atom. The summed E-state index contributed by atoms with van der Waals surface area (Å²) in [7, 11) is 0. The summed E-state index contributed by atoms with van der Waals surface area (Å²) in [5.41, 5.74) is 16.1. The molecule has 0 saturated heterocycles. The second kappa shape index (κ2) is 10.8. The number of hydrogen-bond donors (Lipinski definition) is 8. The van der Waals surface area contributed by atoms with E-state index in [-0.39, 0.29) is 12.4 Å². The number of rotatable bonds is 12. The van der Waals surface area contributed by atoms with E-state index >= 15 is 0 Å². The first-order valence-corrected chi connectivity index (χ1v) is 7.04. The van der Waals surface area contributed by atoms with Gasteiger partial charge in [0.1, 0.15) is 12.1 Å². The third-order valence-corrected chi connectivity index (χ3v) is 3.14. The fourth-order valence-corrected chi connectivity index (χ4v) is 1.94. The third kappa shape index (κ3) is 8.39. The maximum Gasteiger partial charge on any atom is 0.322 e. The van der Waals surface area contributed by atoms with Crippen molar-refractivity contribution in [3.8, 4) is 0 Å². The van der Waals surface area contributed by atoms with Gasteiger partial charge in [-0.05, 0) is 32.2 Å². The lowest BCUT2D eigenvalue weighted by molar-refractivity contribution is -0.142. The molecule has 0 aromatic carbocycles. The van der Waals surface area contributed by atoms with Gasteiger partial charge in [0.25, 0.3) is 0 Å². The summed E-state index contributed by atoms with van der Waals surface area (Å²) < 4.78 is 0. The Hall–Kier alpha value is -1.91. The van der Waals surface area contributed by atoms with Crippen LogP contribution in [0.4, 0.5) is 0 Å². The molecule has 0 fully saturated rings. The van der Waals surface area contributed by atoms with Gasteiger partial charge in [-0.1, -0.05) is 0 Å². The van der Waals surface area contributed by atoms with E-state index in [4.69, 9.17) is 27.7 Å². The van der Waals surface area contributed by atoms with Crippen LogP contribution in [0.2, 0.25) is 0 Å². The minimum absolute atomic E-state index is 0.187. The highest BCUT2D eigenvalue weighted by Gasteiger charge is 2.28. The largest absolute Gasteiger partial charge is 0.480 e. The van der Waals surface area contributed by atoms with Crippen molar-refractivity contribution < 1.29 is 19.8 Å². The molecule has 1 unspecified atom stereocenters. The van der Waals surface area contributed by atoms with Crippen molar-refractivity contribution in [1.29, 1.82) is 5.41 Å². The number of carboxylic acid groups (broad SMARTS) is 2. The van der Waals surface area contributed by atoms with E-state index in [1.165, 1.54) is 0 Å². The van der Waals surface area contributed by atoms with Gasteiger partial charge in [-0.3, -0.25) is 20.3 Å². The molecule has 22 heavy (non-hydrogen) atoms. The minimum atomic E-state index is -1.20. The SMILES string of the molecule is N=C(N)NCCC[C@H](NC(CCCN)[C@H](N)C(=O)O)C(=O)O. The lowest BCUT2D eigenvalue weighted by atomic mass is 10.0. The highest BCUT2D eigenvalue weighted by atomic mass is 16.4. The predicted molar refractivity (Wildman–Crippen MR) is 81.4 cm³/mol. The van der Waals surface area contributed by atoms with Gasteiger partial charge >= 0.3 is 11.9 Å². The van der Waals surface area contributed by atoms with Crippen LogP contribution in [0.1, 0.15) is 25.7 Å². The summed E-state index contributed by atoms with van der Waals surface area (Å²) in [5.74, 6) is -2.47. The van der Waals surface area contributed by atoms with E-state index < -0.39 is 30.1 Å². The second-order valence-corrected chi connectivity index (χ2v) is 4.94. The number of nitrogens with two attached hydrogens (primary N) is 3. The van der Waals surface area contributed by atoms with Gasteiger partial charge in [0.2, 0.25) is 0 Å². The van der Waals surface area contributed by atoms with Gasteiger partial charge in [-0.15, -0.1) is 0 Å². The van der Waals surface area contributed by atoms with Crippen molar-refractivity contribution in [3.05, 3.63) is 0 Å². The van der Waals surface area contributed by atoms with E-state index in [0.29, 0.717) is 32.4 Å². The summed E-state index contributed by atoms with van der Waals surface area (Å²) in [6, 6.07) is -2.81. The maximum absolute atomic E-state index is 11.3. The minimum Gasteiger partial charge on any atom is -0.480 e. The monoisotopic (exact) mass is 318 g/mol. The molecule has 0 aliphatic heterocycles. The van der Waals surface area contributed by atoms with Crippen LogP contribution in [0.25, 0.3) is 0 Å². The zero-order chi connectivity index (χ0) is 17.1. The van der Waals surface area contributed by atoms with Crippen molar-refractivity contribution >= 4 is 17.9 Å². The van der Waals surface area contributed by atoms with Gasteiger partial charge in [0.15, 0.2) is 5.96 Å². The Morgan fingerprint density at radius 3 is 2.23 bits per heavy atom. The molecule has 0 amide bonds. The van der Waals surface area contributed by atoms with Crippen LogP contribution in [0.5, 0.6) is 0 Å². The Morgan fingerprint density at radius 2 is 1.77 bits per heavy atom. The number of carboxylic acids is 2. The van der Waals surface area contributed by atoms with E-state index in [2.05, 4.69) is 10.6 Å². The molecule has 0 aliphatic carbocycles. The topological polar surface area (TPSA) is 201 Å². The third-order valence-electron chi connectivity index (χ3n) is 3.14. The maximum atomic E-state index is 11.3. The van der Waals surface area contributed by atoms with Gasteiger partial charge < -0.3 is 32.7 Å². The van der Waals surface area contributed by atoms with Gasteiger partial charge in [0, 0.05) is 12.6 Å². The van der Waals surface area contributed by atoms with Crippen molar-refractivity contribution in [3.63, 3.8) is 0 Å².